The Morgan fingerprint density at radius 3 is 2.71 bits per heavy atom. The lowest BCUT2D eigenvalue weighted by Crippen LogP contribution is -2.32. The van der Waals surface area contributed by atoms with Crippen LogP contribution < -0.4 is 5.32 Å². The Kier molecular flexibility index (Phi) is 6.08. The Labute approximate surface area is 178 Å². The van der Waals surface area contributed by atoms with E-state index in [4.69, 9.17) is 4.74 Å². The normalized spacial score (nSPS) is 13.5. The van der Waals surface area contributed by atoms with Crippen molar-refractivity contribution < 1.29 is 18.3 Å². The summed E-state index contributed by atoms with van der Waals surface area (Å²) in [6.07, 6.45) is 3.14. The number of ether oxygens (including phenoxy) is 1. The first-order valence-electron chi connectivity index (χ1n) is 9.72. The molecule has 1 N–H and O–H groups in total. The fourth-order valence-corrected chi connectivity index (χ4v) is 3.53. The van der Waals surface area contributed by atoms with Crippen LogP contribution in [0, 0.1) is 11.8 Å². The number of rotatable bonds is 7. The fourth-order valence-electron chi connectivity index (χ4n) is 3.53. The van der Waals surface area contributed by atoms with Gasteiger partial charge in [-0.3, -0.25) is 14.8 Å². The number of hydrogen-bond acceptors (Lipinski definition) is 5. The van der Waals surface area contributed by atoms with E-state index in [1.807, 2.05) is 6.07 Å². The van der Waals surface area contributed by atoms with E-state index in [0.717, 1.165) is 16.7 Å². The lowest BCUT2D eigenvalue weighted by molar-refractivity contribution is -0.121. The average Bonchev–Trinajstić information content (AvgIpc) is 3.17. The first-order valence-corrected chi connectivity index (χ1v) is 9.72. The highest BCUT2D eigenvalue weighted by Gasteiger charge is 2.21. The first-order chi connectivity index (χ1) is 15.0. The van der Waals surface area contributed by atoms with Gasteiger partial charge < -0.3 is 10.1 Å². The summed E-state index contributed by atoms with van der Waals surface area (Å²) < 4.78 is 31.8. The van der Waals surface area contributed by atoms with E-state index in [9.17, 15) is 13.6 Å². The summed E-state index contributed by atoms with van der Waals surface area (Å²) >= 11 is 0. The van der Waals surface area contributed by atoms with Crippen LogP contribution in [0.25, 0.3) is 0 Å². The van der Waals surface area contributed by atoms with E-state index in [2.05, 4.69) is 20.3 Å². The molecule has 1 aromatic carbocycles. The van der Waals surface area contributed by atoms with Crippen molar-refractivity contribution in [3.8, 4) is 0 Å². The predicted molar refractivity (Wildman–Crippen MR) is 111 cm³/mol. The molecule has 8 heteroatoms. The van der Waals surface area contributed by atoms with Crippen molar-refractivity contribution in [2.24, 2.45) is 4.99 Å². The zero-order valence-electron chi connectivity index (χ0n) is 16.8. The molecule has 1 atom stereocenters. The number of fused-ring (bicyclic) bond motifs is 1. The maximum atomic E-state index is 13.5. The average molecular weight is 422 g/mol. The highest BCUT2D eigenvalue weighted by atomic mass is 19.1. The Bertz CT molecular complexity index is 1130. The Hall–Kier alpha value is -3.52. The second-order valence-electron chi connectivity index (χ2n) is 7.17. The first kappa shape index (κ1) is 20.7. The van der Waals surface area contributed by atoms with Gasteiger partial charge in [-0.25, -0.2) is 9.37 Å². The number of aliphatic imine (C=N–C) groups is 1. The summed E-state index contributed by atoms with van der Waals surface area (Å²) in [5.41, 5.74) is 4.40. The van der Waals surface area contributed by atoms with Crippen molar-refractivity contribution in [3.63, 3.8) is 0 Å². The predicted octanol–water partition coefficient (Wildman–Crippen LogP) is 3.15. The Morgan fingerprint density at radius 1 is 1.16 bits per heavy atom. The van der Waals surface area contributed by atoms with E-state index >= 15 is 0 Å². The van der Waals surface area contributed by atoms with Crippen molar-refractivity contribution in [2.75, 3.05) is 13.7 Å². The molecule has 3 heterocycles. The molecular formula is C23H20F2N4O2. The van der Waals surface area contributed by atoms with Crippen LogP contribution in [0.1, 0.15) is 34.0 Å². The van der Waals surface area contributed by atoms with Crippen LogP contribution in [0.15, 0.2) is 59.9 Å². The highest BCUT2D eigenvalue weighted by Crippen LogP contribution is 2.23. The van der Waals surface area contributed by atoms with E-state index in [1.165, 1.54) is 31.5 Å². The lowest BCUT2D eigenvalue weighted by atomic mass is 10.0. The number of amides is 1. The van der Waals surface area contributed by atoms with E-state index in [0.29, 0.717) is 23.5 Å². The summed E-state index contributed by atoms with van der Waals surface area (Å²) in [6, 6.07) is 10.4. The lowest BCUT2D eigenvalue weighted by Gasteiger charge is -2.18. The minimum Gasteiger partial charge on any atom is -0.382 e. The monoisotopic (exact) mass is 422 g/mol. The topological polar surface area (TPSA) is 76.5 Å². The van der Waals surface area contributed by atoms with Gasteiger partial charge in [-0.2, -0.15) is 4.39 Å². The second kappa shape index (κ2) is 9.09. The maximum Gasteiger partial charge on any atom is 0.226 e. The van der Waals surface area contributed by atoms with Gasteiger partial charge in [0.25, 0.3) is 0 Å². The standard InChI is InChI=1S/C23H20F2N4O2/c1-31-13-20(14-2-4-17(24)5-3-14)29-22(30)10-18-8-16-11-28-23(19(16)12-27-18)15-6-7-26-21(25)9-15/h2-9,12,20H,10-11,13H2,1H3,(H,29,30)/t20-/m1/s1. The summed E-state index contributed by atoms with van der Waals surface area (Å²) in [7, 11) is 1.54. The third kappa shape index (κ3) is 4.80. The SMILES string of the molecule is COC[C@@H](NC(=O)Cc1cc2c(cn1)C(c1ccnc(F)c1)=NC2)c1ccc(F)cc1. The van der Waals surface area contributed by atoms with Gasteiger partial charge in [0.1, 0.15) is 5.82 Å². The van der Waals surface area contributed by atoms with Gasteiger partial charge in [-0.15, -0.1) is 0 Å². The van der Waals surface area contributed by atoms with Gasteiger partial charge in [-0.1, -0.05) is 12.1 Å². The smallest absolute Gasteiger partial charge is 0.226 e. The molecule has 0 unspecified atom stereocenters. The van der Waals surface area contributed by atoms with Crippen molar-refractivity contribution >= 4 is 11.6 Å². The third-order valence-electron chi connectivity index (χ3n) is 4.99. The second-order valence-corrected chi connectivity index (χ2v) is 7.17. The molecule has 0 bridgehead atoms. The number of benzene rings is 1. The molecule has 1 aliphatic heterocycles. The molecule has 0 saturated heterocycles. The molecule has 0 spiro atoms. The number of nitrogens with one attached hydrogen (secondary N) is 1. The van der Waals surface area contributed by atoms with Gasteiger partial charge in [0, 0.05) is 36.7 Å². The van der Waals surface area contributed by atoms with Gasteiger partial charge >= 0.3 is 0 Å². The summed E-state index contributed by atoms with van der Waals surface area (Å²) in [5.74, 6) is -1.14. The molecule has 158 valence electrons. The van der Waals surface area contributed by atoms with Gasteiger partial charge in [0.05, 0.1) is 37.0 Å². The zero-order chi connectivity index (χ0) is 21.8. The van der Waals surface area contributed by atoms with Crippen LogP contribution in [0.4, 0.5) is 8.78 Å². The van der Waals surface area contributed by atoms with Crippen LogP contribution in [0.3, 0.4) is 0 Å². The van der Waals surface area contributed by atoms with Crippen LogP contribution in [-0.2, 0) is 22.5 Å². The molecule has 0 saturated carbocycles. The molecule has 1 amide bonds. The van der Waals surface area contributed by atoms with Crippen molar-refractivity contribution in [1.29, 1.82) is 0 Å². The van der Waals surface area contributed by atoms with Crippen LogP contribution in [0.2, 0.25) is 0 Å². The van der Waals surface area contributed by atoms with Crippen LogP contribution in [0.5, 0.6) is 0 Å². The number of nitrogens with zero attached hydrogens (tertiary/aromatic N) is 3. The summed E-state index contributed by atoms with van der Waals surface area (Å²) in [6.45, 7) is 0.697. The fraction of sp³-hybridized carbons (Fsp3) is 0.217. The van der Waals surface area contributed by atoms with Crippen molar-refractivity contribution in [1.82, 2.24) is 15.3 Å². The molecule has 4 rings (SSSR count). The summed E-state index contributed by atoms with van der Waals surface area (Å²) in [5, 5.41) is 2.91. The van der Waals surface area contributed by atoms with Crippen molar-refractivity contribution in [2.45, 2.75) is 19.0 Å². The van der Waals surface area contributed by atoms with E-state index in [-0.39, 0.29) is 24.8 Å². The minimum atomic E-state index is -0.568. The number of carbonyl (C=O) groups excluding carboxylic acids is 1. The van der Waals surface area contributed by atoms with Crippen LogP contribution >= 0.6 is 0 Å². The number of hydrogen-bond donors (Lipinski definition) is 1. The molecule has 0 fully saturated rings. The largest absolute Gasteiger partial charge is 0.382 e. The number of carbonyl (C=O) groups is 1. The number of methoxy groups -OCH3 is 1. The third-order valence-corrected chi connectivity index (χ3v) is 4.99. The molecule has 6 nitrogen and oxygen atoms in total. The molecular weight excluding hydrogens is 402 g/mol. The Morgan fingerprint density at radius 2 is 1.97 bits per heavy atom. The molecule has 0 aliphatic carbocycles. The Balaban J connectivity index is 1.45. The number of aromatic nitrogens is 2. The number of pyridine rings is 2. The van der Waals surface area contributed by atoms with Gasteiger partial charge in [0.2, 0.25) is 11.9 Å². The zero-order valence-corrected chi connectivity index (χ0v) is 16.8. The van der Waals surface area contributed by atoms with Gasteiger partial charge in [-0.05, 0) is 35.4 Å². The maximum absolute atomic E-state index is 13.5. The van der Waals surface area contributed by atoms with Crippen LogP contribution in [-0.4, -0.2) is 35.3 Å². The van der Waals surface area contributed by atoms with Crippen molar-refractivity contribution in [3.05, 3.63) is 94.6 Å². The number of halogens is 2. The molecule has 0 radical (unpaired) electrons. The van der Waals surface area contributed by atoms with E-state index in [1.54, 1.807) is 24.4 Å². The minimum absolute atomic E-state index is 0.0773. The van der Waals surface area contributed by atoms with Gasteiger partial charge in [0.15, 0.2) is 0 Å². The molecule has 2 aromatic heterocycles. The molecule has 3 aromatic rings. The summed E-state index contributed by atoms with van der Waals surface area (Å²) in [4.78, 5) is 25.1. The molecule has 1 aliphatic rings. The highest BCUT2D eigenvalue weighted by molar-refractivity contribution is 6.14. The molecule has 31 heavy (non-hydrogen) atoms. The quantitative estimate of drug-likeness (QED) is 0.594. The van der Waals surface area contributed by atoms with E-state index < -0.39 is 12.0 Å².